The molecule has 3 nitrogen and oxygen atoms in total. The van der Waals surface area contributed by atoms with Crippen molar-refractivity contribution in [3.63, 3.8) is 0 Å². The predicted molar refractivity (Wildman–Crippen MR) is 179 cm³/mol. The molecule has 0 amide bonds. The van der Waals surface area contributed by atoms with E-state index in [1.807, 2.05) is 140 Å². The standard InChI is InChI=1S/C24H18N.C17H10NO.Ir/c1-4-10-19(11-5-1)16-22-17-24(21-14-8-3-9-15-21)25-18-23(22)20-12-6-2-7-13-20;1-2-10-16-12(6-1)13-7-5-8-14(17(13)19-16)15-9-3-4-11-18-15;/h1-14,17-18H,16H2;1-7,9-11H;/q2*-1;/i16D2;;. The first kappa shape index (κ1) is 27.4. The van der Waals surface area contributed by atoms with E-state index in [2.05, 4.69) is 28.2 Å². The largest absolute Gasteiger partial charge is 0.501 e. The summed E-state index contributed by atoms with van der Waals surface area (Å²) in [6.07, 6.45) is 1.89. The summed E-state index contributed by atoms with van der Waals surface area (Å²) < 4.78 is 23.7. The molecule has 8 aromatic rings. The number of rotatable bonds is 5. The smallest absolute Gasteiger partial charge is 0.120 e. The van der Waals surface area contributed by atoms with Gasteiger partial charge in [0.05, 0.1) is 5.58 Å². The van der Waals surface area contributed by atoms with Gasteiger partial charge < -0.3 is 14.4 Å². The number of nitrogens with zero attached hydrogens (tertiary/aromatic N) is 2. The number of furan rings is 1. The molecule has 0 aliphatic rings. The normalized spacial score (nSPS) is 11.6. The Morgan fingerprint density at radius 1 is 0.644 bits per heavy atom. The summed E-state index contributed by atoms with van der Waals surface area (Å²) in [5, 5.41) is 2.23. The van der Waals surface area contributed by atoms with Gasteiger partial charge in [0.1, 0.15) is 5.58 Å². The molecule has 1 radical (unpaired) electrons. The van der Waals surface area contributed by atoms with E-state index in [1.165, 1.54) is 0 Å². The van der Waals surface area contributed by atoms with Gasteiger partial charge in [0.25, 0.3) is 0 Å². The zero-order chi connectivity index (χ0) is 31.3. The summed E-state index contributed by atoms with van der Waals surface area (Å²) in [6.45, 7) is 0. The van der Waals surface area contributed by atoms with E-state index in [4.69, 9.17) is 7.16 Å². The molecular formula is C41H28IrN2O-2. The first-order chi connectivity index (χ1) is 22.6. The zero-order valence-corrected chi connectivity index (χ0v) is 26.5. The van der Waals surface area contributed by atoms with Crippen LogP contribution in [0.5, 0.6) is 0 Å². The van der Waals surface area contributed by atoms with Crippen molar-refractivity contribution in [1.82, 2.24) is 9.97 Å². The van der Waals surface area contributed by atoms with Crippen molar-refractivity contribution in [3.8, 4) is 33.6 Å². The minimum Gasteiger partial charge on any atom is -0.501 e. The number of hydrogen-bond acceptors (Lipinski definition) is 3. The van der Waals surface area contributed by atoms with Crippen LogP contribution in [0.4, 0.5) is 0 Å². The number of fused-ring (bicyclic) bond motifs is 3. The molecule has 0 saturated carbocycles. The van der Waals surface area contributed by atoms with Crippen LogP contribution in [0, 0.1) is 12.1 Å². The molecule has 45 heavy (non-hydrogen) atoms. The fraction of sp³-hybridized carbons (Fsp3) is 0.0244. The molecule has 4 heteroatoms. The summed E-state index contributed by atoms with van der Waals surface area (Å²) in [7, 11) is 0. The average Bonchev–Trinajstić information content (AvgIpc) is 3.52. The molecule has 0 unspecified atom stereocenters. The second kappa shape index (κ2) is 14.1. The van der Waals surface area contributed by atoms with Crippen LogP contribution in [0.3, 0.4) is 0 Å². The van der Waals surface area contributed by atoms with Crippen LogP contribution in [-0.4, -0.2) is 9.97 Å². The van der Waals surface area contributed by atoms with Crippen LogP contribution in [-0.2, 0) is 26.5 Å². The van der Waals surface area contributed by atoms with E-state index < -0.39 is 6.37 Å². The van der Waals surface area contributed by atoms with Crippen molar-refractivity contribution < 1.29 is 27.3 Å². The molecule has 3 aromatic heterocycles. The number of benzene rings is 5. The van der Waals surface area contributed by atoms with Crippen LogP contribution in [0.25, 0.3) is 55.6 Å². The van der Waals surface area contributed by atoms with Crippen molar-refractivity contribution in [2.75, 3.05) is 0 Å². The molecule has 219 valence electrons. The van der Waals surface area contributed by atoms with Gasteiger partial charge in [-0.3, -0.25) is 0 Å². The van der Waals surface area contributed by atoms with Crippen molar-refractivity contribution >= 4 is 21.9 Å². The number of hydrogen-bond donors (Lipinski definition) is 0. The van der Waals surface area contributed by atoms with Crippen molar-refractivity contribution in [3.05, 3.63) is 181 Å². The van der Waals surface area contributed by atoms with Gasteiger partial charge in [-0.05, 0) is 46.6 Å². The zero-order valence-electron chi connectivity index (χ0n) is 26.1. The van der Waals surface area contributed by atoms with Crippen molar-refractivity contribution in [1.29, 1.82) is 0 Å². The first-order valence-electron chi connectivity index (χ1n) is 15.4. The van der Waals surface area contributed by atoms with E-state index in [9.17, 15) is 0 Å². The number of para-hydroxylation sites is 1. The first-order valence-corrected chi connectivity index (χ1v) is 14.4. The van der Waals surface area contributed by atoms with Gasteiger partial charge in [-0.25, -0.2) is 0 Å². The number of pyridine rings is 2. The third-order valence-electron chi connectivity index (χ3n) is 7.29. The Balaban J connectivity index is 0.000000170. The molecule has 0 saturated heterocycles. The minimum atomic E-state index is -1.65. The second-order valence-electron chi connectivity index (χ2n) is 10.2. The van der Waals surface area contributed by atoms with Crippen molar-refractivity contribution in [2.24, 2.45) is 0 Å². The van der Waals surface area contributed by atoms with Crippen LogP contribution in [0.1, 0.15) is 13.9 Å². The summed E-state index contributed by atoms with van der Waals surface area (Å²) in [6, 6.07) is 52.8. The van der Waals surface area contributed by atoms with Crippen LogP contribution in [0.2, 0.25) is 0 Å². The Kier molecular flexibility index (Phi) is 8.58. The Bertz CT molecular complexity index is 2220. The molecule has 0 aliphatic carbocycles. The van der Waals surface area contributed by atoms with E-state index in [0.29, 0.717) is 16.8 Å². The molecule has 0 atom stereocenters. The average molecular weight is 759 g/mol. The third-order valence-corrected chi connectivity index (χ3v) is 7.29. The fourth-order valence-electron chi connectivity index (χ4n) is 5.17. The second-order valence-corrected chi connectivity index (χ2v) is 10.2. The Morgan fingerprint density at radius 3 is 2.18 bits per heavy atom. The monoisotopic (exact) mass is 759 g/mol. The molecule has 0 fully saturated rings. The van der Waals surface area contributed by atoms with Crippen LogP contribution >= 0.6 is 0 Å². The maximum absolute atomic E-state index is 8.89. The number of aromatic nitrogens is 2. The van der Waals surface area contributed by atoms with Gasteiger partial charge in [-0.2, -0.15) is 0 Å². The maximum atomic E-state index is 8.89. The van der Waals surface area contributed by atoms with Crippen LogP contribution in [0.15, 0.2) is 162 Å². The topological polar surface area (TPSA) is 38.9 Å². The molecule has 0 N–H and O–H groups in total. The fourth-order valence-corrected chi connectivity index (χ4v) is 5.17. The summed E-state index contributed by atoms with van der Waals surface area (Å²) in [5.74, 6) is 0. The quantitative estimate of drug-likeness (QED) is 0.164. The molecule has 3 heterocycles. The van der Waals surface area contributed by atoms with Gasteiger partial charge in [-0.15, -0.1) is 54.1 Å². The molecule has 0 spiro atoms. The van der Waals surface area contributed by atoms with Gasteiger partial charge in [0, 0.05) is 46.2 Å². The van der Waals surface area contributed by atoms with Crippen molar-refractivity contribution in [2.45, 2.75) is 6.37 Å². The molecular weight excluding hydrogens is 729 g/mol. The Hall–Kier alpha value is -5.15. The summed E-state index contributed by atoms with van der Waals surface area (Å²) >= 11 is 0. The summed E-state index contributed by atoms with van der Waals surface area (Å²) in [5.41, 5.74) is 8.07. The predicted octanol–water partition coefficient (Wildman–Crippen LogP) is 10.3. The Morgan fingerprint density at radius 2 is 1.40 bits per heavy atom. The van der Waals surface area contributed by atoms with E-state index in [1.54, 1.807) is 12.4 Å². The van der Waals surface area contributed by atoms with Gasteiger partial charge in [0.2, 0.25) is 0 Å². The summed E-state index contributed by atoms with van der Waals surface area (Å²) in [4.78, 5) is 8.97. The van der Waals surface area contributed by atoms with E-state index in [-0.39, 0.29) is 20.1 Å². The molecule has 8 rings (SSSR count). The molecule has 0 aliphatic heterocycles. The van der Waals surface area contributed by atoms with Gasteiger partial charge in [-0.1, -0.05) is 108 Å². The molecule has 0 bridgehead atoms. The van der Waals surface area contributed by atoms with Gasteiger partial charge >= 0.3 is 0 Å². The molecule has 5 aromatic carbocycles. The van der Waals surface area contributed by atoms with E-state index >= 15 is 0 Å². The maximum Gasteiger partial charge on any atom is 0.120 e. The van der Waals surface area contributed by atoms with Crippen LogP contribution < -0.4 is 0 Å². The SMILES string of the molecule is [2H]C([2H])(c1ccccc1)c1cc(-c2[c-]cccc2)ncc1-c1ccccc1.[Ir].[c-]1ccc2c(oc3ccccc32)c1-c1ccccn1. The Labute approximate surface area is 279 Å². The third kappa shape index (κ3) is 6.68. The minimum absolute atomic E-state index is 0. The van der Waals surface area contributed by atoms with E-state index in [0.717, 1.165) is 49.9 Å². The van der Waals surface area contributed by atoms with Gasteiger partial charge in [0.15, 0.2) is 0 Å².